The molecule has 1 aromatic rings. The molecule has 0 spiro atoms. The average Bonchev–Trinajstić information content (AvgIpc) is 3.11. The first kappa shape index (κ1) is 19.3. The SMILES string of the molecule is O=C(OCC1C=C(c2ccc(Cl)c(Cl)c2)C(=O)O1)C1=CC(Br)C(Br)S1. The second-order valence-corrected chi connectivity index (χ2v) is 9.84. The summed E-state index contributed by atoms with van der Waals surface area (Å²) < 4.78 is 10.6. The molecule has 3 unspecified atom stereocenters. The van der Waals surface area contributed by atoms with Gasteiger partial charge in [0.25, 0.3) is 0 Å². The Labute approximate surface area is 175 Å². The van der Waals surface area contributed by atoms with Crippen molar-refractivity contribution in [3.63, 3.8) is 0 Å². The van der Waals surface area contributed by atoms with Crippen molar-refractivity contribution in [2.75, 3.05) is 6.61 Å². The van der Waals surface area contributed by atoms with Crippen molar-refractivity contribution in [1.82, 2.24) is 0 Å². The van der Waals surface area contributed by atoms with Crippen molar-refractivity contribution in [3.8, 4) is 0 Å². The van der Waals surface area contributed by atoms with Crippen molar-refractivity contribution < 1.29 is 19.1 Å². The molecule has 1 aromatic carbocycles. The standard InChI is InChI=1S/C16H10Br2Cl2O4S/c17-10-5-13(25-14(10)18)16(22)23-6-8-4-9(15(21)24-8)7-1-2-11(19)12(20)3-7/h1-5,8,10,14H,6H2. The maximum Gasteiger partial charge on any atom is 0.344 e. The molecule has 0 N–H and O–H groups in total. The van der Waals surface area contributed by atoms with Gasteiger partial charge in [0.2, 0.25) is 0 Å². The number of rotatable bonds is 4. The molecule has 3 rings (SSSR count). The molecule has 2 heterocycles. The van der Waals surface area contributed by atoms with E-state index in [1.54, 1.807) is 30.4 Å². The van der Waals surface area contributed by atoms with E-state index >= 15 is 0 Å². The third kappa shape index (κ3) is 4.45. The number of ether oxygens (including phenoxy) is 2. The monoisotopic (exact) mass is 526 g/mol. The molecule has 0 aliphatic carbocycles. The Hall–Kier alpha value is -0.470. The number of allylic oxidation sites excluding steroid dienone is 1. The zero-order valence-electron chi connectivity index (χ0n) is 12.4. The highest BCUT2D eigenvalue weighted by Gasteiger charge is 2.31. The van der Waals surface area contributed by atoms with Crippen molar-refractivity contribution in [2.24, 2.45) is 0 Å². The average molecular weight is 529 g/mol. The quantitative estimate of drug-likeness (QED) is 0.408. The van der Waals surface area contributed by atoms with Crippen LogP contribution >= 0.6 is 66.8 Å². The number of benzene rings is 1. The Kier molecular flexibility index (Phi) is 6.21. The van der Waals surface area contributed by atoms with Crippen molar-refractivity contribution in [3.05, 3.63) is 50.9 Å². The maximum atomic E-state index is 12.1. The van der Waals surface area contributed by atoms with Crippen LogP contribution in [0.25, 0.3) is 5.57 Å². The smallest absolute Gasteiger partial charge is 0.344 e. The summed E-state index contributed by atoms with van der Waals surface area (Å²) in [6.07, 6.45) is 2.77. The predicted octanol–water partition coefficient (Wildman–Crippen LogP) is 4.96. The predicted molar refractivity (Wildman–Crippen MR) is 106 cm³/mol. The number of alkyl halides is 2. The summed E-state index contributed by atoms with van der Waals surface area (Å²) in [5.41, 5.74) is 0.974. The summed E-state index contributed by atoms with van der Waals surface area (Å²) in [6.45, 7) is -0.0484. The van der Waals surface area contributed by atoms with Gasteiger partial charge in [-0.25, -0.2) is 9.59 Å². The first-order chi connectivity index (χ1) is 11.8. The van der Waals surface area contributed by atoms with Gasteiger partial charge in [-0.05, 0) is 29.8 Å². The van der Waals surface area contributed by atoms with Gasteiger partial charge in [0, 0.05) is 0 Å². The second kappa shape index (κ2) is 8.05. The normalized spacial score (nSPS) is 25.4. The van der Waals surface area contributed by atoms with Crippen LogP contribution in [0.4, 0.5) is 0 Å². The molecule has 0 radical (unpaired) electrons. The van der Waals surface area contributed by atoms with Crippen LogP contribution < -0.4 is 0 Å². The lowest BCUT2D eigenvalue weighted by atomic mass is 10.1. The second-order valence-electron chi connectivity index (χ2n) is 5.20. The highest BCUT2D eigenvalue weighted by molar-refractivity contribution is 9.13. The molecule has 2 aliphatic rings. The number of thioether (sulfide) groups is 1. The Balaban J connectivity index is 1.64. The molecule has 0 amide bonds. The molecule has 2 aliphatic heterocycles. The number of carbonyl (C=O) groups is 2. The highest BCUT2D eigenvalue weighted by Crippen LogP contribution is 2.40. The first-order valence-corrected chi connectivity index (χ1v) is 10.5. The van der Waals surface area contributed by atoms with E-state index in [-0.39, 0.29) is 15.6 Å². The van der Waals surface area contributed by atoms with E-state index in [4.69, 9.17) is 32.7 Å². The Morgan fingerprint density at radius 3 is 2.64 bits per heavy atom. The van der Waals surface area contributed by atoms with E-state index in [0.717, 1.165) is 0 Å². The lowest BCUT2D eigenvalue weighted by Gasteiger charge is -2.09. The molecule has 4 nitrogen and oxygen atoms in total. The van der Waals surface area contributed by atoms with Gasteiger partial charge in [-0.3, -0.25) is 0 Å². The van der Waals surface area contributed by atoms with Gasteiger partial charge >= 0.3 is 11.9 Å². The van der Waals surface area contributed by atoms with Crippen LogP contribution in [-0.4, -0.2) is 33.6 Å². The third-order valence-corrected chi connectivity index (χ3v) is 8.24. The van der Waals surface area contributed by atoms with Gasteiger partial charge in [0.05, 0.1) is 29.5 Å². The van der Waals surface area contributed by atoms with E-state index in [1.807, 2.05) is 0 Å². The summed E-state index contributed by atoms with van der Waals surface area (Å²) in [4.78, 5) is 24.7. The molecule has 0 aromatic heterocycles. The molecule has 0 fully saturated rings. The molecule has 9 heteroatoms. The van der Waals surface area contributed by atoms with Crippen molar-refractivity contribution >= 4 is 84.3 Å². The van der Waals surface area contributed by atoms with Crippen LogP contribution in [0.15, 0.2) is 35.3 Å². The summed E-state index contributed by atoms with van der Waals surface area (Å²) in [5.74, 6) is -0.932. The zero-order valence-corrected chi connectivity index (χ0v) is 17.9. The number of halogens is 4. The van der Waals surface area contributed by atoms with Crippen LogP contribution in [0.1, 0.15) is 5.56 Å². The highest BCUT2D eigenvalue weighted by atomic mass is 79.9. The summed E-state index contributed by atoms with van der Waals surface area (Å²) in [7, 11) is 0. The summed E-state index contributed by atoms with van der Waals surface area (Å²) >= 11 is 20.1. The van der Waals surface area contributed by atoms with Crippen molar-refractivity contribution in [2.45, 2.75) is 15.1 Å². The first-order valence-electron chi connectivity index (χ1n) is 7.07. The lowest BCUT2D eigenvalue weighted by Crippen LogP contribution is -2.18. The fourth-order valence-corrected chi connectivity index (χ4v) is 4.89. The molecule has 0 saturated heterocycles. The van der Waals surface area contributed by atoms with E-state index in [1.165, 1.54) is 11.8 Å². The van der Waals surface area contributed by atoms with Gasteiger partial charge in [0.1, 0.15) is 6.61 Å². The molecule has 132 valence electrons. The summed E-state index contributed by atoms with van der Waals surface area (Å²) in [6, 6.07) is 4.89. The number of carbonyl (C=O) groups excluding carboxylic acids is 2. The number of esters is 2. The van der Waals surface area contributed by atoms with Crippen LogP contribution in [0, 0.1) is 0 Å². The molecule has 0 bridgehead atoms. The minimum atomic E-state index is -0.632. The van der Waals surface area contributed by atoms with Crippen molar-refractivity contribution in [1.29, 1.82) is 0 Å². The Morgan fingerprint density at radius 1 is 1.24 bits per heavy atom. The van der Waals surface area contributed by atoms with Crippen LogP contribution in [-0.2, 0) is 19.1 Å². The Bertz CT molecular complexity index is 796. The number of cyclic esters (lactones) is 1. The summed E-state index contributed by atoms with van der Waals surface area (Å²) in [5, 5.41) is 0.752. The molecular weight excluding hydrogens is 519 g/mol. The Morgan fingerprint density at radius 2 is 2.00 bits per heavy atom. The fraction of sp³-hybridized carbons (Fsp3) is 0.250. The molecular formula is C16H10Br2Cl2O4S. The van der Waals surface area contributed by atoms with E-state index in [2.05, 4.69) is 31.9 Å². The van der Waals surface area contributed by atoms with Gasteiger partial charge < -0.3 is 9.47 Å². The topological polar surface area (TPSA) is 52.6 Å². The fourth-order valence-electron chi connectivity index (χ4n) is 2.24. The van der Waals surface area contributed by atoms with E-state index in [9.17, 15) is 9.59 Å². The van der Waals surface area contributed by atoms with E-state index in [0.29, 0.717) is 26.1 Å². The lowest BCUT2D eigenvalue weighted by molar-refractivity contribution is -0.147. The minimum absolute atomic E-state index is 0.0484. The maximum absolute atomic E-state index is 12.1. The van der Waals surface area contributed by atoms with Gasteiger partial charge in [0.15, 0.2) is 6.10 Å². The zero-order chi connectivity index (χ0) is 18.1. The van der Waals surface area contributed by atoms with Crippen LogP contribution in [0.5, 0.6) is 0 Å². The molecule has 0 saturated carbocycles. The van der Waals surface area contributed by atoms with Gasteiger partial charge in [-0.1, -0.05) is 61.1 Å². The number of hydrogen-bond donors (Lipinski definition) is 0. The van der Waals surface area contributed by atoms with E-state index < -0.39 is 18.0 Å². The van der Waals surface area contributed by atoms with Crippen LogP contribution in [0.2, 0.25) is 10.0 Å². The largest absolute Gasteiger partial charge is 0.457 e. The molecule has 25 heavy (non-hydrogen) atoms. The van der Waals surface area contributed by atoms with Gasteiger partial charge in [-0.15, -0.1) is 11.8 Å². The number of hydrogen-bond acceptors (Lipinski definition) is 5. The molecule has 3 atom stereocenters. The minimum Gasteiger partial charge on any atom is -0.457 e. The third-order valence-electron chi connectivity index (χ3n) is 3.44. The van der Waals surface area contributed by atoms with Crippen LogP contribution in [0.3, 0.4) is 0 Å². The van der Waals surface area contributed by atoms with Gasteiger partial charge in [-0.2, -0.15) is 0 Å².